The molecule has 0 unspecified atom stereocenters. The number of fused-ring (bicyclic) bond motifs is 1. The second-order valence-corrected chi connectivity index (χ2v) is 8.03. The third kappa shape index (κ3) is 4.83. The number of methoxy groups -OCH3 is 2. The van der Waals surface area contributed by atoms with E-state index in [-0.39, 0.29) is 18.5 Å². The SMILES string of the molecule is COc1cc(OC)c(NC(=O)CN2CCC[C@@H]2c2ccc3c(c2)OCCCO3)cc1Cl. The van der Waals surface area contributed by atoms with E-state index in [1.807, 2.05) is 12.1 Å². The summed E-state index contributed by atoms with van der Waals surface area (Å²) in [6, 6.07) is 9.55. The number of benzene rings is 2. The van der Waals surface area contributed by atoms with Gasteiger partial charge in [-0.15, -0.1) is 0 Å². The zero-order valence-electron chi connectivity index (χ0n) is 17.8. The molecule has 1 fully saturated rings. The second kappa shape index (κ2) is 9.66. The van der Waals surface area contributed by atoms with Crippen molar-refractivity contribution in [3.63, 3.8) is 0 Å². The highest BCUT2D eigenvalue weighted by molar-refractivity contribution is 6.32. The van der Waals surface area contributed by atoms with Gasteiger partial charge in [-0.2, -0.15) is 0 Å². The fraction of sp³-hybridized carbons (Fsp3) is 0.435. The van der Waals surface area contributed by atoms with Crippen LogP contribution in [0.25, 0.3) is 0 Å². The van der Waals surface area contributed by atoms with Crippen LogP contribution in [-0.2, 0) is 4.79 Å². The molecule has 166 valence electrons. The summed E-state index contributed by atoms with van der Waals surface area (Å²) in [4.78, 5) is 15.0. The Morgan fingerprint density at radius 3 is 2.65 bits per heavy atom. The lowest BCUT2D eigenvalue weighted by Gasteiger charge is -2.25. The monoisotopic (exact) mass is 446 g/mol. The predicted molar refractivity (Wildman–Crippen MR) is 119 cm³/mol. The summed E-state index contributed by atoms with van der Waals surface area (Å²) in [5.41, 5.74) is 1.66. The van der Waals surface area contributed by atoms with Crippen molar-refractivity contribution in [1.29, 1.82) is 0 Å². The number of nitrogens with one attached hydrogen (secondary N) is 1. The molecule has 1 N–H and O–H groups in total. The summed E-state index contributed by atoms with van der Waals surface area (Å²) < 4.78 is 22.2. The van der Waals surface area contributed by atoms with Gasteiger partial charge in [0, 0.05) is 18.5 Å². The molecule has 0 bridgehead atoms. The van der Waals surface area contributed by atoms with E-state index in [1.165, 1.54) is 7.11 Å². The summed E-state index contributed by atoms with van der Waals surface area (Å²) in [5.74, 6) is 2.43. The van der Waals surface area contributed by atoms with E-state index in [0.717, 1.165) is 42.9 Å². The second-order valence-electron chi connectivity index (χ2n) is 7.62. The fourth-order valence-corrected chi connectivity index (χ4v) is 4.35. The largest absolute Gasteiger partial charge is 0.495 e. The van der Waals surface area contributed by atoms with Crippen LogP contribution in [0.1, 0.15) is 30.9 Å². The fourth-order valence-electron chi connectivity index (χ4n) is 4.11. The van der Waals surface area contributed by atoms with Crippen LogP contribution in [0.5, 0.6) is 23.0 Å². The quantitative estimate of drug-likeness (QED) is 0.713. The molecule has 0 saturated carbocycles. The molecule has 2 aliphatic heterocycles. The van der Waals surface area contributed by atoms with E-state index in [9.17, 15) is 4.79 Å². The maximum Gasteiger partial charge on any atom is 0.238 e. The number of hydrogen-bond acceptors (Lipinski definition) is 6. The molecule has 1 saturated heterocycles. The van der Waals surface area contributed by atoms with Crippen molar-refractivity contribution in [3.05, 3.63) is 40.9 Å². The number of likely N-dealkylation sites (tertiary alicyclic amines) is 1. The van der Waals surface area contributed by atoms with Crippen LogP contribution in [0.15, 0.2) is 30.3 Å². The minimum Gasteiger partial charge on any atom is -0.495 e. The van der Waals surface area contributed by atoms with E-state index in [1.54, 1.807) is 19.2 Å². The molecular weight excluding hydrogens is 420 g/mol. The third-order valence-corrected chi connectivity index (χ3v) is 5.91. The molecule has 2 aromatic carbocycles. The van der Waals surface area contributed by atoms with E-state index in [0.29, 0.717) is 35.4 Å². The highest BCUT2D eigenvalue weighted by Crippen LogP contribution is 2.38. The molecule has 0 radical (unpaired) electrons. The van der Waals surface area contributed by atoms with Crippen molar-refractivity contribution in [2.24, 2.45) is 0 Å². The van der Waals surface area contributed by atoms with Crippen LogP contribution < -0.4 is 24.3 Å². The Balaban J connectivity index is 1.46. The zero-order chi connectivity index (χ0) is 21.8. The maximum absolute atomic E-state index is 12.8. The highest BCUT2D eigenvalue weighted by atomic mass is 35.5. The summed E-state index contributed by atoms with van der Waals surface area (Å²) >= 11 is 6.22. The number of nitrogens with zero attached hydrogens (tertiary/aromatic N) is 1. The van der Waals surface area contributed by atoms with Crippen molar-refractivity contribution < 1.29 is 23.7 Å². The molecule has 8 heteroatoms. The molecule has 0 aromatic heterocycles. The molecule has 1 amide bonds. The molecule has 2 aromatic rings. The number of carbonyl (C=O) groups is 1. The van der Waals surface area contributed by atoms with E-state index in [2.05, 4.69) is 16.3 Å². The number of ether oxygens (including phenoxy) is 4. The van der Waals surface area contributed by atoms with Crippen LogP contribution >= 0.6 is 11.6 Å². The first-order valence-electron chi connectivity index (χ1n) is 10.4. The van der Waals surface area contributed by atoms with Crippen LogP contribution in [0.4, 0.5) is 5.69 Å². The lowest BCUT2D eigenvalue weighted by Crippen LogP contribution is -2.33. The summed E-state index contributed by atoms with van der Waals surface area (Å²) in [6.45, 7) is 2.44. The molecule has 2 heterocycles. The van der Waals surface area contributed by atoms with Gasteiger partial charge in [-0.05, 0) is 43.1 Å². The van der Waals surface area contributed by atoms with Gasteiger partial charge in [0.25, 0.3) is 0 Å². The van der Waals surface area contributed by atoms with E-state index < -0.39 is 0 Å². The Hall–Kier alpha value is -2.64. The van der Waals surface area contributed by atoms with Gasteiger partial charge in [0.05, 0.1) is 44.7 Å². The molecule has 2 aliphatic rings. The maximum atomic E-state index is 12.8. The Labute approximate surface area is 187 Å². The Bertz CT molecular complexity index is 952. The minimum absolute atomic E-state index is 0.124. The minimum atomic E-state index is -0.124. The molecule has 1 atom stereocenters. The number of amides is 1. The lowest BCUT2D eigenvalue weighted by atomic mass is 10.0. The Morgan fingerprint density at radius 2 is 1.87 bits per heavy atom. The molecule has 0 spiro atoms. The first kappa shape index (κ1) is 21.6. The third-order valence-electron chi connectivity index (χ3n) is 5.61. The average molecular weight is 447 g/mol. The number of hydrogen-bond donors (Lipinski definition) is 1. The standard InChI is InChI=1S/C23H27ClN2O5/c1-28-20-13-21(29-2)17(12-16(20)24)25-23(27)14-26-8-3-5-18(26)15-6-7-19-22(11-15)31-10-4-9-30-19/h6-7,11-13,18H,3-5,8-10,14H2,1-2H3,(H,25,27)/t18-/m1/s1. The highest BCUT2D eigenvalue weighted by Gasteiger charge is 2.29. The molecular formula is C23H27ClN2O5. The first-order valence-corrected chi connectivity index (χ1v) is 10.8. The van der Waals surface area contributed by atoms with Crippen molar-refractivity contribution in [1.82, 2.24) is 4.90 Å². The first-order chi connectivity index (χ1) is 15.1. The van der Waals surface area contributed by atoms with Crippen LogP contribution in [0.2, 0.25) is 5.02 Å². The van der Waals surface area contributed by atoms with Crippen LogP contribution in [0, 0.1) is 0 Å². The number of halogens is 1. The van der Waals surface area contributed by atoms with Gasteiger partial charge in [0.1, 0.15) is 11.5 Å². The van der Waals surface area contributed by atoms with Crippen molar-refractivity contribution in [3.8, 4) is 23.0 Å². The van der Waals surface area contributed by atoms with Crippen molar-refractivity contribution in [2.45, 2.75) is 25.3 Å². The predicted octanol–water partition coefficient (Wildman–Crippen LogP) is 4.29. The van der Waals surface area contributed by atoms with Crippen LogP contribution in [0.3, 0.4) is 0 Å². The van der Waals surface area contributed by atoms with Gasteiger partial charge in [-0.25, -0.2) is 0 Å². The van der Waals surface area contributed by atoms with Gasteiger partial charge in [-0.3, -0.25) is 9.69 Å². The van der Waals surface area contributed by atoms with Gasteiger partial charge >= 0.3 is 0 Å². The Morgan fingerprint density at radius 1 is 1.10 bits per heavy atom. The van der Waals surface area contributed by atoms with Crippen molar-refractivity contribution in [2.75, 3.05) is 45.8 Å². The number of anilines is 1. The van der Waals surface area contributed by atoms with Gasteiger partial charge in [0.2, 0.25) is 5.91 Å². The van der Waals surface area contributed by atoms with Gasteiger partial charge in [-0.1, -0.05) is 17.7 Å². The van der Waals surface area contributed by atoms with Gasteiger partial charge in [0.15, 0.2) is 11.5 Å². The topological polar surface area (TPSA) is 69.3 Å². The van der Waals surface area contributed by atoms with Crippen LogP contribution in [-0.4, -0.2) is 51.3 Å². The number of rotatable bonds is 6. The normalized spacial score (nSPS) is 18.4. The Kier molecular flexibility index (Phi) is 6.73. The van der Waals surface area contributed by atoms with Gasteiger partial charge < -0.3 is 24.3 Å². The molecule has 0 aliphatic carbocycles. The summed E-state index contributed by atoms with van der Waals surface area (Å²) in [7, 11) is 3.07. The van der Waals surface area contributed by atoms with E-state index >= 15 is 0 Å². The number of carbonyl (C=O) groups excluding carboxylic acids is 1. The van der Waals surface area contributed by atoms with Crippen molar-refractivity contribution >= 4 is 23.2 Å². The molecule has 4 rings (SSSR count). The molecule has 7 nitrogen and oxygen atoms in total. The van der Waals surface area contributed by atoms with E-state index in [4.69, 9.17) is 30.5 Å². The lowest BCUT2D eigenvalue weighted by molar-refractivity contribution is -0.117. The summed E-state index contributed by atoms with van der Waals surface area (Å²) in [5, 5.41) is 3.33. The zero-order valence-corrected chi connectivity index (χ0v) is 18.5. The smallest absolute Gasteiger partial charge is 0.238 e. The molecule has 31 heavy (non-hydrogen) atoms. The summed E-state index contributed by atoms with van der Waals surface area (Å²) in [6.07, 6.45) is 2.90. The average Bonchev–Trinajstić information content (AvgIpc) is 3.09.